The van der Waals surface area contributed by atoms with Crippen LogP contribution in [0.1, 0.15) is 12.7 Å². The SMILES string of the molecule is CCOc1ncnc(NCCc2ccco2)c1N. The van der Waals surface area contributed by atoms with Gasteiger partial charge >= 0.3 is 0 Å². The van der Waals surface area contributed by atoms with Crippen molar-refractivity contribution >= 4 is 11.5 Å². The third kappa shape index (κ3) is 2.91. The van der Waals surface area contributed by atoms with Crippen LogP contribution in [0.5, 0.6) is 5.88 Å². The Morgan fingerprint density at radius 2 is 2.33 bits per heavy atom. The van der Waals surface area contributed by atoms with Crippen molar-refractivity contribution in [3.63, 3.8) is 0 Å². The third-order valence-electron chi connectivity index (χ3n) is 2.37. The molecular formula is C12H16N4O2. The second kappa shape index (κ2) is 5.90. The molecule has 2 heterocycles. The number of nitrogen functional groups attached to an aromatic ring is 1. The Balaban J connectivity index is 1.94. The highest BCUT2D eigenvalue weighted by atomic mass is 16.5. The van der Waals surface area contributed by atoms with Gasteiger partial charge in [-0.05, 0) is 19.1 Å². The van der Waals surface area contributed by atoms with E-state index >= 15 is 0 Å². The fourth-order valence-electron chi connectivity index (χ4n) is 1.53. The number of rotatable bonds is 6. The lowest BCUT2D eigenvalue weighted by Gasteiger charge is -2.10. The number of anilines is 2. The first-order chi connectivity index (χ1) is 8.81. The van der Waals surface area contributed by atoms with Crippen LogP contribution in [0.3, 0.4) is 0 Å². The standard InChI is InChI=1S/C12H16N4O2/c1-2-17-12-10(13)11(15-8-16-12)14-6-5-9-4-3-7-18-9/h3-4,7-8H,2,5-6,13H2,1H3,(H,14,15,16). The first-order valence-electron chi connectivity index (χ1n) is 5.80. The molecule has 0 unspecified atom stereocenters. The summed E-state index contributed by atoms with van der Waals surface area (Å²) < 4.78 is 10.5. The van der Waals surface area contributed by atoms with E-state index in [1.54, 1.807) is 6.26 Å². The molecule has 3 N–H and O–H groups in total. The van der Waals surface area contributed by atoms with Gasteiger partial charge in [0.25, 0.3) is 0 Å². The fraction of sp³-hybridized carbons (Fsp3) is 0.333. The molecule has 0 saturated carbocycles. The quantitative estimate of drug-likeness (QED) is 0.809. The number of furan rings is 1. The van der Waals surface area contributed by atoms with Crippen LogP contribution in [-0.2, 0) is 6.42 Å². The molecule has 2 aromatic rings. The Bertz CT molecular complexity index is 485. The van der Waals surface area contributed by atoms with Crippen molar-refractivity contribution in [1.82, 2.24) is 9.97 Å². The van der Waals surface area contributed by atoms with Crippen LogP contribution in [0.4, 0.5) is 11.5 Å². The Labute approximate surface area is 105 Å². The van der Waals surface area contributed by atoms with Gasteiger partial charge in [0.1, 0.15) is 17.8 Å². The summed E-state index contributed by atoms with van der Waals surface area (Å²) in [5, 5.41) is 3.13. The van der Waals surface area contributed by atoms with Crippen LogP contribution in [0, 0.1) is 0 Å². The average molecular weight is 248 g/mol. The van der Waals surface area contributed by atoms with Gasteiger partial charge in [-0.15, -0.1) is 0 Å². The summed E-state index contributed by atoms with van der Waals surface area (Å²) in [6.07, 6.45) is 3.85. The number of hydrogen-bond acceptors (Lipinski definition) is 6. The fourth-order valence-corrected chi connectivity index (χ4v) is 1.53. The highest BCUT2D eigenvalue weighted by molar-refractivity contribution is 5.66. The summed E-state index contributed by atoms with van der Waals surface area (Å²) in [7, 11) is 0. The van der Waals surface area contributed by atoms with Crippen molar-refractivity contribution in [2.45, 2.75) is 13.3 Å². The minimum atomic E-state index is 0.410. The summed E-state index contributed by atoms with van der Waals surface area (Å²) in [6, 6.07) is 3.79. The maximum Gasteiger partial charge on any atom is 0.242 e. The van der Waals surface area contributed by atoms with E-state index in [0.717, 1.165) is 12.2 Å². The predicted octanol–water partition coefficient (Wildman–Crippen LogP) is 1.71. The smallest absolute Gasteiger partial charge is 0.242 e. The van der Waals surface area contributed by atoms with Crippen molar-refractivity contribution in [3.8, 4) is 5.88 Å². The molecule has 0 bridgehead atoms. The van der Waals surface area contributed by atoms with Crippen molar-refractivity contribution in [2.24, 2.45) is 0 Å². The van der Waals surface area contributed by atoms with Gasteiger partial charge in [0.15, 0.2) is 5.82 Å². The van der Waals surface area contributed by atoms with E-state index in [1.165, 1.54) is 6.33 Å². The first kappa shape index (κ1) is 12.2. The minimum Gasteiger partial charge on any atom is -0.476 e. The largest absolute Gasteiger partial charge is 0.476 e. The van der Waals surface area contributed by atoms with Gasteiger partial charge in [0.2, 0.25) is 5.88 Å². The molecule has 0 aliphatic rings. The Kier molecular flexibility index (Phi) is 4.01. The molecule has 0 fully saturated rings. The molecule has 0 spiro atoms. The Morgan fingerprint density at radius 3 is 3.06 bits per heavy atom. The molecule has 2 rings (SSSR count). The van der Waals surface area contributed by atoms with E-state index in [0.29, 0.717) is 30.5 Å². The highest BCUT2D eigenvalue weighted by Crippen LogP contribution is 2.24. The number of aromatic nitrogens is 2. The lowest BCUT2D eigenvalue weighted by atomic mass is 10.3. The lowest BCUT2D eigenvalue weighted by Crippen LogP contribution is -2.10. The molecule has 2 aromatic heterocycles. The zero-order valence-corrected chi connectivity index (χ0v) is 10.2. The van der Waals surface area contributed by atoms with Gasteiger partial charge in [-0.3, -0.25) is 0 Å². The van der Waals surface area contributed by atoms with E-state index in [4.69, 9.17) is 14.9 Å². The molecule has 96 valence electrons. The second-order valence-electron chi connectivity index (χ2n) is 3.63. The molecule has 0 aliphatic carbocycles. The van der Waals surface area contributed by atoms with Crippen LogP contribution < -0.4 is 15.8 Å². The molecule has 6 heteroatoms. The molecule has 18 heavy (non-hydrogen) atoms. The molecule has 0 aromatic carbocycles. The van der Waals surface area contributed by atoms with Crippen LogP contribution >= 0.6 is 0 Å². The van der Waals surface area contributed by atoms with Crippen molar-refractivity contribution in [3.05, 3.63) is 30.5 Å². The lowest BCUT2D eigenvalue weighted by molar-refractivity contribution is 0.328. The zero-order valence-electron chi connectivity index (χ0n) is 10.2. The van der Waals surface area contributed by atoms with Crippen molar-refractivity contribution < 1.29 is 9.15 Å². The Hall–Kier alpha value is -2.24. The van der Waals surface area contributed by atoms with Crippen molar-refractivity contribution in [2.75, 3.05) is 24.2 Å². The monoisotopic (exact) mass is 248 g/mol. The van der Waals surface area contributed by atoms with Crippen molar-refractivity contribution in [1.29, 1.82) is 0 Å². The van der Waals surface area contributed by atoms with E-state index in [9.17, 15) is 0 Å². The summed E-state index contributed by atoms with van der Waals surface area (Å²) in [5.74, 6) is 1.91. The predicted molar refractivity (Wildman–Crippen MR) is 68.5 cm³/mol. The number of nitrogens with zero attached hydrogens (tertiary/aromatic N) is 2. The van der Waals surface area contributed by atoms with E-state index in [1.807, 2.05) is 19.1 Å². The molecule has 0 amide bonds. The normalized spacial score (nSPS) is 10.3. The van der Waals surface area contributed by atoms with Gasteiger partial charge in [-0.25, -0.2) is 4.98 Å². The third-order valence-corrected chi connectivity index (χ3v) is 2.37. The molecular weight excluding hydrogens is 232 g/mol. The summed E-state index contributed by atoms with van der Waals surface area (Å²) in [6.45, 7) is 3.08. The topological polar surface area (TPSA) is 86.2 Å². The van der Waals surface area contributed by atoms with Gasteiger partial charge in [0, 0.05) is 13.0 Å². The summed E-state index contributed by atoms with van der Waals surface area (Å²) in [5.41, 5.74) is 6.32. The maximum atomic E-state index is 5.89. The molecule has 0 atom stereocenters. The maximum absolute atomic E-state index is 5.89. The number of nitrogens with one attached hydrogen (secondary N) is 1. The number of ether oxygens (including phenoxy) is 1. The zero-order chi connectivity index (χ0) is 12.8. The first-order valence-corrected chi connectivity index (χ1v) is 5.80. The van der Waals surface area contributed by atoms with Gasteiger partial charge in [0.05, 0.1) is 12.9 Å². The minimum absolute atomic E-state index is 0.410. The van der Waals surface area contributed by atoms with Gasteiger partial charge < -0.3 is 20.2 Å². The van der Waals surface area contributed by atoms with Crippen LogP contribution in [0.15, 0.2) is 29.1 Å². The van der Waals surface area contributed by atoms with Crippen LogP contribution in [0.2, 0.25) is 0 Å². The summed E-state index contributed by atoms with van der Waals surface area (Å²) in [4.78, 5) is 8.05. The molecule has 0 radical (unpaired) electrons. The average Bonchev–Trinajstić information content (AvgIpc) is 2.87. The van der Waals surface area contributed by atoms with E-state index in [2.05, 4.69) is 15.3 Å². The van der Waals surface area contributed by atoms with E-state index < -0.39 is 0 Å². The molecule has 6 nitrogen and oxygen atoms in total. The Morgan fingerprint density at radius 1 is 1.44 bits per heavy atom. The molecule has 0 aliphatic heterocycles. The van der Waals surface area contributed by atoms with Gasteiger partial charge in [-0.1, -0.05) is 0 Å². The second-order valence-corrected chi connectivity index (χ2v) is 3.63. The van der Waals surface area contributed by atoms with Crippen LogP contribution in [-0.4, -0.2) is 23.1 Å². The highest BCUT2D eigenvalue weighted by Gasteiger charge is 2.08. The van der Waals surface area contributed by atoms with Crippen LogP contribution in [0.25, 0.3) is 0 Å². The summed E-state index contributed by atoms with van der Waals surface area (Å²) >= 11 is 0. The number of hydrogen-bond donors (Lipinski definition) is 2. The number of nitrogens with two attached hydrogens (primary N) is 1. The van der Waals surface area contributed by atoms with E-state index in [-0.39, 0.29) is 0 Å². The molecule has 0 saturated heterocycles. The van der Waals surface area contributed by atoms with Gasteiger partial charge in [-0.2, -0.15) is 4.98 Å².